The van der Waals surface area contributed by atoms with Crippen LogP contribution in [-0.4, -0.2) is 20.1 Å². The lowest BCUT2D eigenvalue weighted by Crippen LogP contribution is -2.30. The van der Waals surface area contributed by atoms with Gasteiger partial charge in [0.25, 0.3) is 0 Å². The Morgan fingerprint density at radius 3 is 2.59 bits per heavy atom. The summed E-state index contributed by atoms with van der Waals surface area (Å²) in [5.74, 6) is 0.712. The first-order valence-corrected chi connectivity index (χ1v) is 6.68. The zero-order valence-corrected chi connectivity index (χ0v) is 12.0. The first-order chi connectivity index (χ1) is 7.99. The van der Waals surface area contributed by atoms with Crippen molar-refractivity contribution >= 4 is 23.6 Å². The Hall–Kier alpha value is -0.900. The summed E-state index contributed by atoms with van der Waals surface area (Å²) in [4.78, 5) is 13.7. The molecule has 4 heteroatoms. The van der Waals surface area contributed by atoms with E-state index in [0.29, 0.717) is 10.4 Å². The highest BCUT2D eigenvalue weighted by atomic mass is 32.1. The van der Waals surface area contributed by atoms with E-state index in [1.807, 2.05) is 18.9 Å². The maximum Gasteiger partial charge on any atom is 0.224 e. The van der Waals surface area contributed by atoms with Crippen LogP contribution in [0, 0.1) is 10.4 Å². The lowest BCUT2D eigenvalue weighted by atomic mass is 10.1. The van der Waals surface area contributed by atoms with E-state index in [4.69, 9.17) is 12.2 Å². The molecule has 1 aromatic carbocycles. The SMILES string of the molecule is CCNc1c(N(C)CCCC(C)C)c(=O)c1=S. The van der Waals surface area contributed by atoms with Crippen molar-refractivity contribution in [2.75, 3.05) is 30.4 Å². The van der Waals surface area contributed by atoms with Crippen molar-refractivity contribution < 1.29 is 0 Å². The zero-order valence-electron chi connectivity index (χ0n) is 11.2. The summed E-state index contributed by atoms with van der Waals surface area (Å²) in [6.07, 6.45) is 2.30. The van der Waals surface area contributed by atoms with Crippen LogP contribution in [0.25, 0.3) is 0 Å². The molecule has 1 N–H and O–H groups in total. The molecule has 0 aliphatic carbocycles. The first kappa shape index (κ1) is 14.2. The molecule has 0 unspecified atom stereocenters. The van der Waals surface area contributed by atoms with Crippen molar-refractivity contribution in [1.29, 1.82) is 0 Å². The predicted molar refractivity (Wildman–Crippen MR) is 77.4 cm³/mol. The summed E-state index contributed by atoms with van der Waals surface area (Å²) in [6.45, 7) is 8.15. The van der Waals surface area contributed by atoms with Crippen LogP contribution in [0.5, 0.6) is 0 Å². The summed E-state index contributed by atoms with van der Waals surface area (Å²) in [7, 11) is 1.96. The monoisotopic (exact) mass is 254 g/mol. The largest absolute Gasteiger partial charge is 0.382 e. The predicted octanol–water partition coefficient (Wildman–Crippen LogP) is 2.96. The van der Waals surface area contributed by atoms with Crippen LogP contribution in [0.2, 0.25) is 0 Å². The van der Waals surface area contributed by atoms with Gasteiger partial charge >= 0.3 is 0 Å². The van der Waals surface area contributed by atoms with Crippen molar-refractivity contribution in [1.82, 2.24) is 0 Å². The second-order valence-electron chi connectivity index (χ2n) is 4.87. The molecule has 0 fully saturated rings. The molecule has 1 aromatic rings. The Morgan fingerprint density at radius 1 is 1.41 bits per heavy atom. The van der Waals surface area contributed by atoms with Gasteiger partial charge in [-0.25, -0.2) is 0 Å². The molecule has 96 valence electrons. The highest BCUT2D eigenvalue weighted by Crippen LogP contribution is 2.26. The smallest absolute Gasteiger partial charge is 0.224 e. The summed E-state index contributed by atoms with van der Waals surface area (Å²) < 4.78 is 0.456. The van der Waals surface area contributed by atoms with Gasteiger partial charge < -0.3 is 10.2 Å². The molecule has 0 aliphatic heterocycles. The van der Waals surface area contributed by atoms with E-state index in [1.165, 1.54) is 6.42 Å². The lowest BCUT2D eigenvalue weighted by Gasteiger charge is -2.24. The molecule has 0 radical (unpaired) electrons. The van der Waals surface area contributed by atoms with Gasteiger partial charge in [0, 0.05) is 20.1 Å². The van der Waals surface area contributed by atoms with Gasteiger partial charge in [0.05, 0.1) is 5.69 Å². The third-order valence-corrected chi connectivity index (χ3v) is 3.28. The third-order valence-electron chi connectivity index (χ3n) is 2.90. The molecule has 0 saturated carbocycles. The molecule has 0 saturated heterocycles. The number of nitrogens with zero attached hydrogens (tertiary/aromatic N) is 1. The maximum atomic E-state index is 11.7. The molecule has 0 atom stereocenters. The van der Waals surface area contributed by atoms with Gasteiger partial charge in [0.2, 0.25) is 5.43 Å². The van der Waals surface area contributed by atoms with Gasteiger partial charge in [-0.1, -0.05) is 26.1 Å². The Morgan fingerprint density at radius 2 is 2.06 bits per heavy atom. The highest BCUT2D eigenvalue weighted by molar-refractivity contribution is 7.71. The molecule has 1 rings (SSSR count). The van der Waals surface area contributed by atoms with Gasteiger partial charge in [0.15, 0.2) is 0 Å². The van der Waals surface area contributed by atoms with E-state index in [2.05, 4.69) is 19.2 Å². The standard InChI is InChI=1S/C13H22N2OS/c1-5-14-10-11(12(16)13(10)17)15(4)8-6-7-9(2)3/h9,14H,5-8H2,1-4H3. The second kappa shape index (κ2) is 6.15. The highest BCUT2D eigenvalue weighted by Gasteiger charge is 2.20. The fourth-order valence-electron chi connectivity index (χ4n) is 1.93. The van der Waals surface area contributed by atoms with Crippen molar-refractivity contribution in [2.45, 2.75) is 33.6 Å². The summed E-state index contributed by atoms with van der Waals surface area (Å²) in [5.41, 5.74) is 1.64. The van der Waals surface area contributed by atoms with E-state index in [1.54, 1.807) is 0 Å². The molecule has 0 aromatic heterocycles. The topological polar surface area (TPSA) is 32.3 Å². The minimum absolute atomic E-state index is 0.0167. The van der Waals surface area contributed by atoms with Gasteiger partial charge in [-0.15, -0.1) is 0 Å². The summed E-state index contributed by atoms with van der Waals surface area (Å²) >= 11 is 5.05. The maximum absolute atomic E-state index is 11.7. The molecule has 17 heavy (non-hydrogen) atoms. The number of nitrogens with one attached hydrogen (secondary N) is 1. The van der Waals surface area contributed by atoms with E-state index >= 15 is 0 Å². The van der Waals surface area contributed by atoms with Crippen LogP contribution in [0.3, 0.4) is 0 Å². The van der Waals surface area contributed by atoms with Crippen LogP contribution < -0.4 is 15.6 Å². The van der Waals surface area contributed by atoms with Crippen LogP contribution >= 0.6 is 12.2 Å². The van der Waals surface area contributed by atoms with E-state index < -0.39 is 0 Å². The average molecular weight is 254 g/mol. The molecule has 0 amide bonds. The van der Waals surface area contributed by atoms with Crippen molar-refractivity contribution in [3.05, 3.63) is 14.7 Å². The number of hydrogen-bond donors (Lipinski definition) is 1. The third kappa shape index (κ3) is 3.28. The second-order valence-corrected chi connectivity index (χ2v) is 5.28. The molecule has 0 spiro atoms. The van der Waals surface area contributed by atoms with Gasteiger partial charge in [0.1, 0.15) is 10.2 Å². The molecular weight excluding hydrogens is 232 g/mol. The van der Waals surface area contributed by atoms with Crippen molar-refractivity contribution in [3.63, 3.8) is 0 Å². The fourth-order valence-corrected chi connectivity index (χ4v) is 2.20. The lowest BCUT2D eigenvalue weighted by molar-refractivity contribution is 0.555. The summed E-state index contributed by atoms with van der Waals surface area (Å²) in [5, 5.41) is 3.17. The van der Waals surface area contributed by atoms with Crippen LogP contribution in [-0.2, 0) is 0 Å². The van der Waals surface area contributed by atoms with Crippen molar-refractivity contribution in [2.24, 2.45) is 5.92 Å². The Bertz CT molecular complexity index is 433. The Balaban J connectivity index is 2.63. The average Bonchev–Trinajstić information content (AvgIpc) is 2.27. The molecule has 0 heterocycles. The normalized spacial score (nSPS) is 11.1. The van der Waals surface area contributed by atoms with Crippen LogP contribution in [0.4, 0.5) is 11.4 Å². The van der Waals surface area contributed by atoms with Gasteiger partial charge in [-0.2, -0.15) is 0 Å². The quantitative estimate of drug-likeness (QED) is 0.758. The Kier molecular flexibility index (Phi) is 5.12. The number of anilines is 2. The van der Waals surface area contributed by atoms with E-state index in [0.717, 1.165) is 30.9 Å². The minimum Gasteiger partial charge on any atom is -0.382 e. The first-order valence-electron chi connectivity index (χ1n) is 6.27. The fraction of sp³-hybridized carbons (Fsp3) is 0.692. The number of hydrogen-bond acceptors (Lipinski definition) is 4. The molecule has 3 nitrogen and oxygen atoms in total. The molecular formula is C13H22N2OS. The Labute approximate surface area is 109 Å². The van der Waals surface area contributed by atoms with E-state index in [-0.39, 0.29) is 5.43 Å². The molecule has 0 bridgehead atoms. The zero-order chi connectivity index (χ0) is 13.0. The molecule has 0 aliphatic rings. The van der Waals surface area contributed by atoms with E-state index in [9.17, 15) is 4.79 Å². The van der Waals surface area contributed by atoms with Crippen LogP contribution in [0.1, 0.15) is 33.6 Å². The van der Waals surface area contributed by atoms with Gasteiger partial charge in [-0.05, 0) is 25.7 Å². The number of rotatable bonds is 7. The summed E-state index contributed by atoms with van der Waals surface area (Å²) in [6, 6.07) is 0. The van der Waals surface area contributed by atoms with Crippen LogP contribution in [0.15, 0.2) is 4.79 Å². The van der Waals surface area contributed by atoms with Crippen molar-refractivity contribution in [3.8, 4) is 0 Å². The van der Waals surface area contributed by atoms with Gasteiger partial charge in [-0.3, -0.25) is 4.79 Å². The minimum atomic E-state index is 0.0167.